The van der Waals surface area contributed by atoms with Gasteiger partial charge in [0.2, 0.25) is 21.8 Å². The quantitative estimate of drug-likeness (QED) is 0.272. The first-order valence-corrected chi connectivity index (χ1v) is 16.4. The van der Waals surface area contributed by atoms with Crippen LogP contribution < -0.4 is 14.4 Å². The average molecular weight is 633 g/mol. The molecule has 42 heavy (non-hydrogen) atoms. The molecule has 3 aromatic carbocycles. The van der Waals surface area contributed by atoms with Crippen molar-refractivity contribution in [2.75, 3.05) is 17.1 Å². The molecule has 1 fully saturated rings. The van der Waals surface area contributed by atoms with Crippen LogP contribution in [0.5, 0.6) is 5.75 Å². The number of hydrogen-bond donors (Lipinski definition) is 1. The van der Waals surface area contributed by atoms with Gasteiger partial charge >= 0.3 is 0 Å². The Labute approximate surface area is 257 Å². The smallest absolute Gasteiger partial charge is 0.244 e. The molecule has 4 rings (SSSR count). The number of nitrogens with one attached hydrogen (secondary N) is 1. The second-order valence-electron chi connectivity index (χ2n) is 10.5. The molecule has 0 heterocycles. The molecule has 11 heteroatoms. The van der Waals surface area contributed by atoms with Gasteiger partial charge in [-0.2, -0.15) is 0 Å². The first kappa shape index (κ1) is 31.7. The van der Waals surface area contributed by atoms with Crippen LogP contribution in [0.4, 0.5) is 5.69 Å². The Hall–Kier alpha value is -3.27. The highest BCUT2D eigenvalue weighted by atomic mass is 35.5. The number of carbonyl (C=O) groups is 2. The van der Waals surface area contributed by atoms with E-state index in [4.69, 9.17) is 27.9 Å². The van der Waals surface area contributed by atoms with E-state index in [0.29, 0.717) is 33.7 Å². The molecule has 0 unspecified atom stereocenters. The van der Waals surface area contributed by atoms with Crippen molar-refractivity contribution in [3.05, 3.63) is 94.0 Å². The van der Waals surface area contributed by atoms with E-state index < -0.39 is 28.5 Å². The second kappa shape index (κ2) is 14.3. The Morgan fingerprint density at radius 2 is 1.67 bits per heavy atom. The predicted molar refractivity (Wildman–Crippen MR) is 166 cm³/mol. The highest BCUT2D eigenvalue weighted by Gasteiger charge is 2.31. The van der Waals surface area contributed by atoms with Crippen LogP contribution >= 0.6 is 23.2 Å². The molecular formula is C31H35Cl2N3O5S. The van der Waals surface area contributed by atoms with E-state index in [-0.39, 0.29) is 18.5 Å². The summed E-state index contributed by atoms with van der Waals surface area (Å²) in [4.78, 5) is 28.4. The highest BCUT2D eigenvalue weighted by molar-refractivity contribution is 7.92. The van der Waals surface area contributed by atoms with Crippen molar-refractivity contribution in [3.63, 3.8) is 0 Å². The van der Waals surface area contributed by atoms with E-state index in [2.05, 4.69) is 5.32 Å². The minimum Gasteiger partial charge on any atom is -0.489 e. The van der Waals surface area contributed by atoms with Gasteiger partial charge in [0.1, 0.15) is 24.9 Å². The Kier molecular flexibility index (Phi) is 10.8. The highest BCUT2D eigenvalue weighted by Crippen LogP contribution is 2.26. The van der Waals surface area contributed by atoms with Gasteiger partial charge < -0.3 is 15.0 Å². The summed E-state index contributed by atoms with van der Waals surface area (Å²) in [5.74, 6) is -0.297. The summed E-state index contributed by atoms with van der Waals surface area (Å²) < 4.78 is 32.6. The number of halogens is 2. The van der Waals surface area contributed by atoms with Gasteiger partial charge in [-0.1, -0.05) is 72.4 Å². The molecule has 0 aliphatic heterocycles. The molecule has 0 bridgehead atoms. The maximum absolute atomic E-state index is 13.8. The lowest BCUT2D eigenvalue weighted by atomic mass is 10.1. The maximum Gasteiger partial charge on any atom is 0.244 e. The van der Waals surface area contributed by atoms with Crippen molar-refractivity contribution in [3.8, 4) is 5.75 Å². The summed E-state index contributed by atoms with van der Waals surface area (Å²) in [5, 5.41) is 3.82. The normalized spacial score (nSPS) is 14.3. The zero-order valence-electron chi connectivity index (χ0n) is 23.6. The standard InChI is InChI=1S/C31H35Cl2N3O5S/c1-22(31(38)34-26-10-6-7-11-26)35(19-24-12-13-25(32)18-29(24)33)30(37)20-36(42(2,39)40)27-14-16-28(17-15-27)41-21-23-8-4-3-5-9-23/h3-5,8-9,12-18,22,26H,6-7,10-11,19-21H2,1-2H3,(H,34,38)/t22-/m1/s1. The summed E-state index contributed by atoms with van der Waals surface area (Å²) in [5.41, 5.74) is 1.88. The molecule has 0 spiro atoms. The van der Waals surface area contributed by atoms with Crippen molar-refractivity contribution >= 4 is 50.7 Å². The van der Waals surface area contributed by atoms with Crippen molar-refractivity contribution in [1.82, 2.24) is 10.2 Å². The average Bonchev–Trinajstić information content (AvgIpc) is 3.47. The van der Waals surface area contributed by atoms with Crippen LogP contribution in [0.2, 0.25) is 10.0 Å². The topological polar surface area (TPSA) is 96.0 Å². The van der Waals surface area contributed by atoms with Crippen molar-refractivity contribution in [2.24, 2.45) is 0 Å². The fraction of sp³-hybridized carbons (Fsp3) is 0.355. The molecule has 1 saturated carbocycles. The maximum atomic E-state index is 13.8. The van der Waals surface area contributed by atoms with Gasteiger partial charge in [0.05, 0.1) is 11.9 Å². The summed E-state index contributed by atoms with van der Waals surface area (Å²) >= 11 is 12.5. The van der Waals surface area contributed by atoms with E-state index in [0.717, 1.165) is 41.8 Å². The van der Waals surface area contributed by atoms with Crippen LogP contribution in [0.3, 0.4) is 0 Å². The van der Waals surface area contributed by atoms with Crippen LogP contribution in [0.1, 0.15) is 43.7 Å². The first-order chi connectivity index (χ1) is 20.0. The fourth-order valence-electron chi connectivity index (χ4n) is 4.87. The van der Waals surface area contributed by atoms with Crippen LogP contribution in [0.15, 0.2) is 72.8 Å². The van der Waals surface area contributed by atoms with E-state index in [1.807, 2.05) is 30.3 Å². The molecule has 1 atom stereocenters. The molecule has 1 N–H and O–H groups in total. The number of ether oxygens (including phenoxy) is 1. The molecule has 2 amide bonds. The molecule has 1 aliphatic rings. The third-order valence-corrected chi connectivity index (χ3v) is 9.00. The lowest BCUT2D eigenvalue weighted by Gasteiger charge is -2.32. The lowest BCUT2D eigenvalue weighted by molar-refractivity contribution is -0.139. The summed E-state index contributed by atoms with van der Waals surface area (Å²) in [7, 11) is -3.86. The molecule has 1 aliphatic carbocycles. The molecule has 3 aromatic rings. The Morgan fingerprint density at radius 1 is 1.00 bits per heavy atom. The van der Waals surface area contributed by atoms with Gasteiger partial charge in [-0.05, 0) is 67.3 Å². The lowest BCUT2D eigenvalue weighted by Crippen LogP contribution is -2.52. The van der Waals surface area contributed by atoms with Crippen molar-refractivity contribution in [2.45, 2.75) is 57.8 Å². The number of sulfonamides is 1. The Balaban J connectivity index is 1.54. The molecule has 0 saturated heterocycles. The predicted octanol–water partition coefficient (Wildman–Crippen LogP) is 5.81. The van der Waals surface area contributed by atoms with Gasteiger partial charge in [0, 0.05) is 22.6 Å². The number of anilines is 1. The molecular weight excluding hydrogens is 597 g/mol. The van der Waals surface area contributed by atoms with Gasteiger partial charge in [-0.15, -0.1) is 0 Å². The molecule has 224 valence electrons. The van der Waals surface area contributed by atoms with Gasteiger partial charge in [0.15, 0.2) is 0 Å². The van der Waals surface area contributed by atoms with E-state index in [1.54, 1.807) is 49.4 Å². The van der Waals surface area contributed by atoms with Gasteiger partial charge in [-0.3, -0.25) is 13.9 Å². The summed E-state index contributed by atoms with van der Waals surface area (Å²) in [6, 6.07) is 20.2. The van der Waals surface area contributed by atoms with Gasteiger partial charge in [-0.25, -0.2) is 8.42 Å². The molecule has 0 radical (unpaired) electrons. The van der Waals surface area contributed by atoms with Crippen LogP contribution in [-0.4, -0.2) is 50.0 Å². The third kappa shape index (κ3) is 8.63. The third-order valence-electron chi connectivity index (χ3n) is 7.28. The first-order valence-electron chi connectivity index (χ1n) is 13.8. The minimum atomic E-state index is -3.86. The monoisotopic (exact) mass is 631 g/mol. The van der Waals surface area contributed by atoms with Crippen molar-refractivity contribution < 1.29 is 22.7 Å². The zero-order chi connectivity index (χ0) is 30.3. The minimum absolute atomic E-state index is 0.00203. The number of benzene rings is 3. The van der Waals surface area contributed by atoms with E-state index in [1.165, 1.54) is 4.90 Å². The number of carbonyl (C=O) groups excluding carboxylic acids is 2. The second-order valence-corrected chi connectivity index (χ2v) is 13.2. The van der Waals surface area contributed by atoms with Crippen LogP contribution in [-0.2, 0) is 32.8 Å². The fourth-order valence-corrected chi connectivity index (χ4v) is 6.19. The Morgan fingerprint density at radius 3 is 2.29 bits per heavy atom. The van der Waals surface area contributed by atoms with E-state index in [9.17, 15) is 18.0 Å². The van der Waals surface area contributed by atoms with Crippen molar-refractivity contribution in [1.29, 1.82) is 0 Å². The largest absolute Gasteiger partial charge is 0.489 e. The molecule has 0 aromatic heterocycles. The number of amides is 2. The number of hydrogen-bond acceptors (Lipinski definition) is 5. The summed E-state index contributed by atoms with van der Waals surface area (Å²) in [6.45, 7) is 1.49. The van der Waals surface area contributed by atoms with Crippen LogP contribution in [0.25, 0.3) is 0 Å². The SMILES string of the molecule is C[C@H](C(=O)NC1CCCC1)N(Cc1ccc(Cl)cc1Cl)C(=O)CN(c1ccc(OCc2ccccc2)cc1)S(C)(=O)=O. The van der Waals surface area contributed by atoms with E-state index >= 15 is 0 Å². The number of nitrogens with zero attached hydrogens (tertiary/aromatic N) is 2. The Bertz CT molecular complexity index is 1480. The zero-order valence-corrected chi connectivity index (χ0v) is 26.0. The number of rotatable bonds is 12. The van der Waals surface area contributed by atoms with Gasteiger partial charge in [0.25, 0.3) is 0 Å². The summed E-state index contributed by atoms with van der Waals surface area (Å²) in [6.07, 6.45) is 4.91. The van der Waals surface area contributed by atoms with Crippen LogP contribution in [0, 0.1) is 0 Å². The molecule has 8 nitrogen and oxygen atoms in total.